The van der Waals surface area contributed by atoms with Gasteiger partial charge in [0.05, 0.1) is 20.6 Å². The minimum Gasteiger partial charge on any atom is -0.497 e. The summed E-state index contributed by atoms with van der Waals surface area (Å²) in [7, 11) is 3.05. The zero-order valence-electron chi connectivity index (χ0n) is 12.2. The average molecular weight is 282 g/mol. The Morgan fingerprint density at radius 2 is 1.52 bits per heavy atom. The predicted molar refractivity (Wildman–Crippen MR) is 84.1 cm³/mol. The van der Waals surface area contributed by atoms with Crippen LogP contribution in [0.5, 0.6) is 5.75 Å². The van der Waals surface area contributed by atoms with Gasteiger partial charge in [-0.3, -0.25) is 4.79 Å². The van der Waals surface area contributed by atoms with Gasteiger partial charge in [-0.15, -0.1) is 0 Å². The van der Waals surface area contributed by atoms with Gasteiger partial charge in [0.15, 0.2) is 0 Å². The molecule has 0 unspecified atom stereocenters. The number of esters is 1. The average Bonchev–Trinajstić information content (AvgIpc) is 2.55. The molecule has 0 atom stereocenters. The van der Waals surface area contributed by atoms with Gasteiger partial charge in [0.1, 0.15) is 5.75 Å². The lowest BCUT2D eigenvalue weighted by molar-refractivity contribution is -0.139. The van der Waals surface area contributed by atoms with Crippen molar-refractivity contribution in [1.29, 1.82) is 0 Å². The highest BCUT2D eigenvalue weighted by Crippen LogP contribution is 2.22. The van der Waals surface area contributed by atoms with Crippen LogP contribution in [0, 0.1) is 0 Å². The summed E-state index contributed by atoms with van der Waals surface area (Å²) in [6.45, 7) is 0. The van der Waals surface area contributed by atoms with Crippen LogP contribution in [0.1, 0.15) is 12.0 Å². The maximum atomic E-state index is 11.0. The fraction of sp³-hybridized carbons (Fsp3) is 0.167. The highest BCUT2D eigenvalue weighted by molar-refractivity contribution is 5.73. The number of rotatable bonds is 5. The molecular formula is C18H18O3. The molecule has 2 rings (SSSR count). The van der Waals surface area contributed by atoms with Gasteiger partial charge in [-0.2, -0.15) is 0 Å². The summed E-state index contributed by atoms with van der Waals surface area (Å²) < 4.78 is 9.73. The van der Waals surface area contributed by atoms with Crippen LogP contribution >= 0.6 is 0 Å². The van der Waals surface area contributed by atoms with E-state index in [1.54, 1.807) is 13.2 Å². The Hall–Kier alpha value is -2.55. The molecule has 0 saturated carbocycles. The third kappa shape index (κ3) is 4.21. The van der Waals surface area contributed by atoms with Crippen molar-refractivity contribution in [3.8, 4) is 16.9 Å². The van der Waals surface area contributed by atoms with Gasteiger partial charge in [0, 0.05) is 0 Å². The Morgan fingerprint density at radius 1 is 0.952 bits per heavy atom. The molecule has 0 aliphatic heterocycles. The number of hydrogen-bond acceptors (Lipinski definition) is 3. The molecule has 3 heteroatoms. The first kappa shape index (κ1) is 14.9. The van der Waals surface area contributed by atoms with Crippen molar-refractivity contribution in [3.05, 3.63) is 60.2 Å². The Kier molecular flexibility index (Phi) is 5.16. The zero-order chi connectivity index (χ0) is 15.1. The van der Waals surface area contributed by atoms with Crippen molar-refractivity contribution in [2.45, 2.75) is 6.42 Å². The molecule has 3 nitrogen and oxygen atoms in total. The summed E-state index contributed by atoms with van der Waals surface area (Å²) in [6, 6.07) is 16.1. The summed E-state index contributed by atoms with van der Waals surface area (Å²) in [5, 5.41) is 0. The fourth-order valence-corrected chi connectivity index (χ4v) is 1.94. The molecule has 0 bridgehead atoms. The smallest absolute Gasteiger partial charge is 0.309 e. The lowest BCUT2D eigenvalue weighted by atomic mass is 10.0. The highest BCUT2D eigenvalue weighted by atomic mass is 16.5. The molecule has 0 spiro atoms. The molecule has 0 amide bonds. The molecule has 0 N–H and O–H groups in total. The Bertz CT molecular complexity index is 610. The summed E-state index contributed by atoms with van der Waals surface area (Å²) >= 11 is 0. The summed E-state index contributed by atoms with van der Waals surface area (Å²) in [4.78, 5) is 11.0. The SMILES string of the molecule is COC(=O)C/C=C/c1ccc(-c2ccc(OC)cc2)cc1. The molecule has 0 heterocycles. The number of methoxy groups -OCH3 is 2. The van der Waals surface area contributed by atoms with Crippen molar-refractivity contribution in [2.75, 3.05) is 14.2 Å². The third-order valence-electron chi connectivity index (χ3n) is 3.16. The topological polar surface area (TPSA) is 35.5 Å². The summed E-state index contributed by atoms with van der Waals surface area (Å²) in [5.74, 6) is 0.613. The molecular weight excluding hydrogens is 264 g/mol. The molecule has 0 aromatic heterocycles. The first-order chi connectivity index (χ1) is 10.2. The van der Waals surface area contributed by atoms with Gasteiger partial charge < -0.3 is 9.47 Å². The van der Waals surface area contributed by atoms with Crippen LogP contribution in [0.3, 0.4) is 0 Å². The van der Waals surface area contributed by atoms with Crippen LogP contribution < -0.4 is 4.74 Å². The van der Waals surface area contributed by atoms with Crippen molar-refractivity contribution in [1.82, 2.24) is 0 Å². The van der Waals surface area contributed by atoms with Crippen molar-refractivity contribution >= 4 is 12.0 Å². The Morgan fingerprint density at radius 3 is 2.05 bits per heavy atom. The van der Waals surface area contributed by atoms with Crippen molar-refractivity contribution in [2.24, 2.45) is 0 Å². The second kappa shape index (κ2) is 7.29. The van der Waals surface area contributed by atoms with E-state index >= 15 is 0 Å². The Balaban J connectivity index is 2.05. The van der Waals surface area contributed by atoms with Gasteiger partial charge in [-0.25, -0.2) is 0 Å². The minimum absolute atomic E-state index is 0.235. The van der Waals surface area contributed by atoms with Crippen LogP contribution in [-0.2, 0) is 9.53 Å². The minimum atomic E-state index is -0.235. The van der Waals surface area contributed by atoms with Crippen LogP contribution in [0.2, 0.25) is 0 Å². The molecule has 0 fully saturated rings. The van der Waals surface area contributed by atoms with Crippen molar-refractivity contribution in [3.63, 3.8) is 0 Å². The number of carbonyl (C=O) groups excluding carboxylic acids is 1. The lowest BCUT2D eigenvalue weighted by Crippen LogP contribution is -1.96. The van der Waals surface area contributed by atoms with Crippen LogP contribution in [0.15, 0.2) is 54.6 Å². The quantitative estimate of drug-likeness (QED) is 0.779. The number of ether oxygens (including phenoxy) is 2. The molecule has 2 aromatic carbocycles. The summed E-state index contributed by atoms with van der Waals surface area (Å²) in [5.41, 5.74) is 3.33. The van der Waals surface area contributed by atoms with E-state index in [-0.39, 0.29) is 12.4 Å². The van der Waals surface area contributed by atoms with Gasteiger partial charge >= 0.3 is 5.97 Å². The van der Waals surface area contributed by atoms with Gasteiger partial charge in [-0.05, 0) is 28.8 Å². The van der Waals surface area contributed by atoms with E-state index in [1.165, 1.54) is 7.11 Å². The molecule has 2 aromatic rings. The van der Waals surface area contributed by atoms with Crippen LogP contribution in [0.25, 0.3) is 17.2 Å². The van der Waals surface area contributed by atoms with Crippen molar-refractivity contribution < 1.29 is 14.3 Å². The van der Waals surface area contributed by atoms with E-state index in [2.05, 4.69) is 16.9 Å². The first-order valence-electron chi connectivity index (χ1n) is 6.71. The molecule has 0 radical (unpaired) electrons. The maximum Gasteiger partial charge on any atom is 0.309 e. The van der Waals surface area contributed by atoms with Gasteiger partial charge in [0.25, 0.3) is 0 Å². The number of benzene rings is 2. The van der Waals surface area contributed by atoms with E-state index in [4.69, 9.17) is 4.74 Å². The molecule has 0 aliphatic rings. The molecule has 0 saturated heterocycles. The molecule has 108 valence electrons. The largest absolute Gasteiger partial charge is 0.497 e. The summed E-state index contributed by atoms with van der Waals surface area (Å²) in [6.07, 6.45) is 4.00. The highest BCUT2D eigenvalue weighted by Gasteiger charge is 1.98. The van der Waals surface area contributed by atoms with E-state index in [9.17, 15) is 4.79 Å². The van der Waals surface area contributed by atoms with Crippen LogP contribution in [0.4, 0.5) is 0 Å². The van der Waals surface area contributed by atoms with E-state index in [0.29, 0.717) is 0 Å². The first-order valence-corrected chi connectivity index (χ1v) is 6.71. The Labute approximate surface area is 124 Å². The van der Waals surface area contributed by atoms with Crippen LogP contribution in [-0.4, -0.2) is 20.2 Å². The molecule has 0 aliphatic carbocycles. The fourth-order valence-electron chi connectivity index (χ4n) is 1.94. The zero-order valence-corrected chi connectivity index (χ0v) is 12.2. The van der Waals surface area contributed by atoms with E-state index < -0.39 is 0 Å². The normalized spacial score (nSPS) is 10.6. The monoisotopic (exact) mass is 282 g/mol. The number of carbonyl (C=O) groups is 1. The maximum absolute atomic E-state index is 11.0. The molecule has 21 heavy (non-hydrogen) atoms. The van der Waals surface area contributed by atoms with E-state index in [0.717, 1.165) is 22.4 Å². The third-order valence-corrected chi connectivity index (χ3v) is 3.16. The number of hydrogen-bond donors (Lipinski definition) is 0. The van der Waals surface area contributed by atoms with Gasteiger partial charge in [0.2, 0.25) is 0 Å². The second-order valence-electron chi connectivity index (χ2n) is 4.53. The predicted octanol–water partition coefficient (Wildman–Crippen LogP) is 3.94. The lowest BCUT2D eigenvalue weighted by Gasteiger charge is -2.04. The van der Waals surface area contributed by atoms with E-state index in [1.807, 2.05) is 42.5 Å². The second-order valence-corrected chi connectivity index (χ2v) is 4.53. The standard InChI is InChI=1S/C18H18O3/c1-20-17-12-10-16(11-13-17)15-8-6-14(7-9-15)4-3-5-18(19)21-2/h3-4,6-13H,5H2,1-2H3/b4-3+. The van der Waals surface area contributed by atoms with Gasteiger partial charge in [-0.1, -0.05) is 48.6 Å².